The zero-order chi connectivity index (χ0) is 11.3. The number of nitrogens with two attached hydrogens (primary N) is 1. The van der Waals surface area contributed by atoms with Crippen molar-refractivity contribution in [3.05, 3.63) is 17.3 Å². The van der Waals surface area contributed by atoms with Crippen LogP contribution in [0.5, 0.6) is 0 Å². The molecule has 1 aromatic rings. The summed E-state index contributed by atoms with van der Waals surface area (Å²) < 4.78 is 0. The van der Waals surface area contributed by atoms with Gasteiger partial charge in [0.1, 0.15) is 24.1 Å². The highest BCUT2D eigenvalue weighted by Crippen LogP contribution is 2.18. The second kappa shape index (κ2) is 5.04. The van der Waals surface area contributed by atoms with Crippen LogP contribution in [0.1, 0.15) is 0 Å². The number of pyridine rings is 1. The Morgan fingerprint density at radius 1 is 1.33 bits per heavy atom. The summed E-state index contributed by atoms with van der Waals surface area (Å²) in [6.45, 7) is 0.140. The first-order valence-electron chi connectivity index (χ1n) is 4.09. The van der Waals surface area contributed by atoms with Crippen LogP contribution in [0.15, 0.2) is 12.1 Å². The summed E-state index contributed by atoms with van der Waals surface area (Å²) in [7, 11) is 0. The van der Waals surface area contributed by atoms with Gasteiger partial charge in [0.15, 0.2) is 0 Å². The molecule has 15 heavy (non-hydrogen) atoms. The lowest BCUT2D eigenvalue weighted by atomic mass is 10.3. The van der Waals surface area contributed by atoms with Crippen LogP contribution in [0.4, 0.5) is 11.5 Å². The topological polar surface area (TPSA) is 89.7 Å². The Labute approximate surface area is 92.3 Å². The fourth-order valence-electron chi connectivity index (χ4n) is 1.05. The van der Waals surface area contributed by atoms with E-state index < -0.39 is 0 Å². The van der Waals surface area contributed by atoms with Crippen LogP contribution in [0.2, 0.25) is 5.15 Å². The predicted molar refractivity (Wildman–Crippen MR) is 57.1 cm³/mol. The fraction of sp³-hybridized carbons (Fsp3) is 0.222. The largest absolute Gasteiger partial charge is 0.399 e. The van der Waals surface area contributed by atoms with E-state index in [0.717, 1.165) is 0 Å². The molecule has 0 fully saturated rings. The molecular formula is C9H8ClN5. The first-order valence-corrected chi connectivity index (χ1v) is 4.47. The molecule has 1 rings (SSSR count). The van der Waals surface area contributed by atoms with Crippen molar-refractivity contribution in [1.29, 1.82) is 10.5 Å². The van der Waals surface area contributed by atoms with Crippen LogP contribution in [0.25, 0.3) is 0 Å². The number of anilines is 2. The second-order valence-electron chi connectivity index (χ2n) is 2.75. The van der Waals surface area contributed by atoms with Crippen molar-refractivity contribution in [2.75, 3.05) is 23.7 Å². The summed E-state index contributed by atoms with van der Waals surface area (Å²) >= 11 is 5.71. The van der Waals surface area contributed by atoms with Gasteiger partial charge < -0.3 is 10.6 Å². The third-order valence-electron chi connectivity index (χ3n) is 1.65. The smallest absolute Gasteiger partial charge is 0.134 e. The molecule has 6 heteroatoms. The minimum atomic E-state index is 0.0698. The van der Waals surface area contributed by atoms with Crippen molar-refractivity contribution in [3.8, 4) is 12.1 Å². The Kier molecular flexibility index (Phi) is 3.73. The highest BCUT2D eigenvalue weighted by Gasteiger charge is 2.08. The molecule has 0 saturated heterocycles. The maximum absolute atomic E-state index is 8.57. The van der Waals surface area contributed by atoms with E-state index in [2.05, 4.69) is 4.98 Å². The molecule has 0 saturated carbocycles. The molecule has 0 radical (unpaired) electrons. The summed E-state index contributed by atoms with van der Waals surface area (Å²) in [5.41, 5.74) is 6.02. The predicted octanol–water partition coefficient (Wildman–Crippen LogP) is 1.17. The highest BCUT2D eigenvalue weighted by atomic mass is 35.5. The van der Waals surface area contributed by atoms with Crippen molar-refractivity contribution in [2.24, 2.45) is 0 Å². The third-order valence-corrected chi connectivity index (χ3v) is 1.84. The molecule has 0 unspecified atom stereocenters. The number of nitrogen functional groups attached to an aromatic ring is 1. The molecular weight excluding hydrogens is 214 g/mol. The number of hydrogen-bond donors (Lipinski definition) is 1. The van der Waals surface area contributed by atoms with Gasteiger partial charge in [-0.2, -0.15) is 10.5 Å². The average molecular weight is 222 g/mol. The zero-order valence-corrected chi connectivity index (χ0v) is 8.57. The molecule has 0 aliphatic rings. The molecule has 1 heterocycles. The zero-order valence-electron chi connectivity index (χ0n) is 7.81. The SMILES string of the molecule is N#CCN(CC#N)c1cc(N)cc(Cl)n1. The third kappa shape index (κ3) is 3.01. The normalized spacial score (nSPS) is 9.00. The lowest BCUT2D eigenvalue weighted by Gasteiger charge is -2.17. The highest BCUT2D eigenvalue weighted by molar-refractivity contribution is 6.29. The van der Waals surface area contributed by atoms with E-state index in [1.807, 2.05) is 12.1 Å². The molecule has 0 atom stereocenters. The molecule has 0 spiro atoms. The lowest BCUT2D eigenvalue weighted by Crippen LogP contribution is -2.24. The Bertz CT molecular complexity index is 395. The minimum absolute atomic E-state index is 0.0698. The van der Waals surface area contributed by atoms with Gasteiger partial charge in [-0.15, -0.1) is 0 Å². The van der Waals surface area contributed by atoms with Gasteiger partial charge in [0.05, 0.1) is 12.1 Å². The summed E-state index contributed by atoms with van der Waals surface area (Å²) in [4.78, 5) is 5.47. The molecule has 0 aliphatic carbocycles. The first kappa shape index (κ1) is 11.1. The van der Waals surface area contributed by atoms with E-state index in [1.165, 1.54) is 11.0 Å². The van der Waals surface area contributed by atoms with Gasteiger partial charge in [-0.1, -0.05) is 11.6 Å². The van der Waals surface area contributed by atoms with Crippen molar-refractivity contribution in [3.63, 3.8) is 0 Å². The van der Waals surface area contributed by atoms with Crippen molar-refractivity contribution < 1.29 is 0 Å². The van der Waals surface area contributed by atoms with Crippen LogP contribution in [0, 0.1) is 22.7 Å². The number of rotatable bonds is 3. The van der Waals surface area contributed by atoms with E-state index in [4.69, 9.17) is 27.9 Å². The Balaban J connectivity index is 3.01. The first-order chi connectivity index (χ1) is 7.17. The van der Waals surface area contributed by atoms with Gasteiger partial charge in [-0.05, 0) is 6.07 Å². The Hall–Kier alpha value is -1.98. The van der Waals surface area contributed by atoms with Crippen LogP contribution in [-0.4, -0.2) is 18.1 Å². The number of hydrogen-bond acceptors (Lipinski definition) is 5. The summed E-state index contributed by atoms with van der Waals surface area (Å²) in [5.74, 6) is 0.433. The van der Waals surface area contributed by atoms with E-state index in [0.29, 0.717) is 11.5 Å². The quantitative estimate of drug-likeness (QED) is 0.611. The van der Waals surface area contributed by atoms with Crippen molar-refractivity contribution in [1.82, 2.24) is 4.98 Å². The lowest BCUT2D eigenvalue weighted by molar-refractivity contribution is 0.936. The summed E-state index contributed by atoms with van der Waals surface area (Å²) in [6, 6.07) is 6.95. The molecule has 76 valence electrons. The Morgan fingerprint density at radius 3 is 2.40 bits per heavy atom. The van der Waals surface area contributed by atoms with Gasteiger partial charge in [-0.25, -0.2) is 4.98 Å². The van der Waals surface area contributed by atoms with E-state index in [-0.39, 0.29) is 18.2 Å². The number of aromatic nitrogens is 1. The maximum atomic E-state index is 8.57. The van der Waals surface area contributed by atoms with Crippen LogP contribution in [-0.2, 0) is 0 Å². The average Bonchev–Trinajstić information content (AvgIpc) is 2.16. The van der Waals surface area contributed by atoms with Gasteiger partial charge >= 0.3 is 0 Å². The molecule has 0 aliphatic heterocycles. The standard InChI is InChI=1S/C9H8ClN5/c10-8-5-7(13)6-9(14-8)15(3-1-11)4-2-12/h5-6H,3-4H2,(H2,13,14). The van der Waals surface area contributed by atoms with Crippen LogP contribution in [0.3, 0.4) is 0 Å². The number of halogens is 1. The fourth-order valence-corrected chi connectivity index (χ4v) is 1.27. The van der Waals surface area contributed by atoms with E-state index in [9.17, 15) is 0 Å². The van der Waals surface area contributed by atoms with Crippen molar-refractivity contribution in [2.45, 2.75) is 0 Å². The van der Waals surface area contributed by atoms with Crippen molar-refractivity contribution >= 4 is 23.1 Å². The second-order valence-corrected chi connectivity index (χ2v) is 3.14. The van der Waals surface area contributed by atoms with E-state index >= 15 is 0 Å². The summed E-state index contributed by atoms with van der Waals surface area (Å²) in [5, 5.41) is 17.4. The minimum Gasteiger partial charge on any atom is -0.399 e. The monoisotopic (exact) mass is 221 g/mol. The molecule has 0 aromatic carbocycles. The molecule has 5 nitrogen and oxygen atoms in total. The van der Waals surface area contributed by atoms with Crippen LogP contribution >= 0.6 is 11.6 Å². The number of nitrogens with zero attached hydrogens (tertiary/aromatic N) is 4. The molecule has 0 amide bonds. The molecule has 2 N–H and O–H groups in total. The van der Waals surface area contributed by atoms with Crippen LogP contribution < -0.4 is 10.6 Å². The van der Waals surface area contributed by atoms with E-state index in [1.54, 1.807) is 6.07 Å². The van der Waals surface area contributed by atoms with Gasteiger partial charge in [0, 0.05) is 11.8 Å². The molecule has 1 aromatic heterocycles. The molecule has 0 bridgehead atoms. The number of nitriles is 2. The maximum Gasteiger partial charge on any atom is 0.134 e. The van der Waals surface area contributed by atoms with Gasteiger partial charge in [0.25, 0.3) is 0 Å². The van der Waals surface area contributed by atoms with Gasteiger partial charge in [-0.3, -0.25) is 0 Å². The van der Waals surface area contributed by atoms with Gasteiger partial charge in [0.2, 0.25) is 0 Å². The Morgan fingerprint density at radius 2 is 1.93 bits per heavy atom. The summed E-state index contributed by atoms with van der Waals surface area (Å²) in [6.07, 6.45) is 0.